The maximum atomic E-state index is 11.7. The highest BCUT2D eigenvalue weighted by Gasteiger charge is 2.27. The minimum Gasteiger partial charge on any atom is -0.465 e. The molecule has 2 unspecified atom stereocenters. The van der Waals surface area contributed by atoms with Crippen LogP contribution < -0.4 is 0 Å². The average molecular weight is 316 g/mol. The van der Waals surface area contributed by atoms with Crippen LogP contribution >= 0.6 is 11.6 Å². The molecule has 0 aliphatic heterocycles. The standard InChI is InChI=1S/C13H14ClNO6/c1-2-21-13(18)12(14)11(17)7-10(16)8-3-5-9(6-4-8)15(19)20/h3-6,10,12,16H,2,7H2,1H3. The van der Waals surface area contributed by atoms with Crippen LogP contribution in [0.15, 0.2) is 24.3 Å². The van der Waals surface area contributed by atoms with E-state index in [4.69, 9.17) is 11.6 Å². The van der Waals surface area contributed by atoms with Crippen molar-refractivity contribution < 1.29 is 24.4 Å². The molecule has 0 radical (unpaired) electrons. The molecule has 0 fully saturated rings. The highest BCUT2D eigenvalue weighted by Crippen LogP contribution is 2.21. The van der Waals surface area contributed by atoms with Gasteiger partial charge in [0.05, 0.1) is 17.6 Å². The molecule has 1 N–H and O–H groups in total. The van der Waals surface area contributed by atoms with Gasteiger partial charge in [0.1, 0.15) is 0 Å². The number of alkyl halides is 1. The molecule has 2 atom stereocenters. The number of nitro benzene ring substituents is 1. The van der Waals surface area contributed by atoms with Gasteiger partial charge in [-0.2, -0.15) is 0 Å². The maximum Gasteiger partial charge on any atom is 0.331 e. The molecule has 0 spiro atoms. The summed E-state index contributed by atoms with van der Waals surface area (Å²) in [5.74, 6) is -1.54. The third-order valence-electron chi connectivity index (χ3n) is 2.66. The number of halogens is 1. The van der Waals surface area contributed by atoms with Crippen molar-refractivity contribution >= 4 is 29.0 Å². The molecular formula is C13H14ClNO6. The lowest BCUT2D eigenvalue weighted by Crippen LogP contribution is -2.28. The van der Waals surface area contributed by atoms with Crippen molar-refractivity contribution in [2.45, 2.75) is 24.8 Å². The molecule has 0 heterocycles. The molecular weight excluding hydrogens is 302 g/mol. The van der Waals surface area contributed by atoms with Crippen LogP contribution in [0.2, 0.25) is 0 Å². The molecule has 1 aromatic carbocycles. The van der Waals surface area contributed by atoms with Crippen molar-refractivity contribution in [3.63, 3.8) is 0 Å². The van der Waals surface area contributed by atoms with E-state index in [1.807, 2.05) is 0 Å². The second kappa shape index (κ2) is 7.70. The maximum absolute atomic E-state index is 11.7. The second-order valence-electron chi connectivity index (χ2n) is 4.15. The van der Waals surface area contributed by atoms with Gasteiger partial charge in [-0.25, -0.2) is 4.79 Å². The number of carbonyl (C=O) groups excluding carboxylic acids is 2. The predicted molar refractivity (Wildman–Crippen MR) is 74.0 cm³/mol. The third kappa shape index (κ3) is 4.80. The summed E-state index contributed by atoms with van der Waals surface area (Å²) < 4.78 is 4.61. The van der Waals surface area contributed by atoms with Crippen molar-refractivity contribution in [2.24, 2.45) is 0 Å². The Morgan fingerprint density at radius 1 is 1.38 bits per heavy atom. The summed E-state index contributed by atoms with van der Waals surface area (Å²) in [6.07, 6.45) is -1.58. The summed E-state index contributed by atoms with van der Waals surface area (Å²) in [7, 11) is 0. The first-order valence-corrected chi connectivity index (χ1v) is 6.56. The van der Waals surface area contributed by atoms with Crippen molar-refractivity contribution in [2.75, 3.05) is 6.61 Å². The van der Waals surface area contributed by atoms with Gasteiger partial charge < -0.3 is 9.84 Å². The number of aliphatic hydroxyl groups excluding tert-OH is 1. The van der Waals surface area contributed by atoms with Gasteiger partial charge in [0.15, 0.2) is 11.2 Å². The second-order valence-corrected chi connectivity index (χ2v) is 4.59. The number of benzene rings is 1. The lowest BCUT2D eigenvalue weighted by molar-refractivity contribution is -0.384. The van der Waals surface area contributed by atoms with Gasteiger partial charge in [-0.1, -0.05) is 0 Å². The van der Waals surface area contributed by atoms with Gasteiger partial charge in [-0.05, 0) is 24.6 Å². The van der Waals surface area contributed by atoms with Crippen molar-refractivity contribution in [1.29, 1.82) is 0 Å². The number of Topliss-reactive ketones (excluding diaryl/α,β-unsaturated/α-hetero) is 1. The number of hydrogen-bond acceptors (Lipinski definition) is 6. The van der Waals surface area contributed by atoms with Crippen LogP contribution in [0.25, 0.3) is 0 Å². The zero-order valence-corrected chi connectivity index (χ0v) is 11.9. The third-order valence-corrected chi connectivity index (χ3v) is 3.08. The van der Waals surface area contributed by atoms with Gasteiger partial charge in [-0.15, -0.1) is 11.6 Å². The smallest absolute Gasteiger partial charge is 0.331 e. The normalized spacial score (nSPS) is 13.3. The fourth-order valence-electron chi connectivity index (χ4n) is 1.58. The Labute approximate surface area is 125 Å². The van der Waals surface area contributed by atoms with Gasteiger partial charge in [0.25, 0.3) is 5.69 Å². The van der Waals surface area contributed by atoms with Crippen LogP contribution in [0.4, 0.5) is 5.69 Å². The van der Waals surface area contributed by atoms with Crippen molar-refractivity contribution in [3.8, 4) is 0 Å². The SMILES string of the molecule is CCOC(=O)C(Cl)C(=O)CC(O)c1ccc([N+](=O)[O-])cc1. The van der Waals surface area contributed by atoms with Crippen LogP contribution in [-0.4, -0.2) is 33.8 Å². The molecule has 1 rings (SSSR count). The Morgan fingerprint density at radius 3 is 2.43 bits per heavy atom. The first-order chi connectivity index (χ1) is 9.86. The summed E-state index contributed by atoms with van der Waals surface area (Å²) in [6.45, 7) is 1.68. The van der Waals surface area contributed by atoms with E-state index in [1.165, 1.54) is 24.3 Å². The molecule has 0 saturated heterocycles. The van der Waals surface area contributed by atoms with E-state index >= 15 is 0 Å². The largest absolute Gasteiger partial charge is 0.465 e. The molecule has 1 aromatic rings. The summed E-state index contributed by atoms with van der Waals surface area (Å²) >= 11 is 5.63. The zero-order valence-electron chi connectivity index (χ0n) is 11.2. The molecule has 7 nitrogen and oxygen atoms in total. The fraction of sp³-hybridized carbons (Fsp3) is 0.385. The van der Waals surface area contributed by atoms with E-state index in [0.29, 0.717) is 5.56 Å². The molecule has 8 heteroatoms. The summed E-state index contributed by atoms with van der Waals surface area (Å²) in [5, 5.41) is 18.9. The molecule has 0 bridgehead atoms. The number of nitro groups is 1. The lowest BCUT2D eigenvalue weighted by Gasteiger charge is -2.12. The van der Waals surface area contributed by atoms with E-state index in [-0.39, 0.29) is 18.7 Å². The van der Waals surface area contributed by atoms with E-state index < -0.39 is 28.2 Å². The zero-order chi connectivity index (χ0) is 16.0. The Hall–Kier alpha value is -1.99. The number of non-ortho nitro benzene ring substituents is 1. The molecule has 0 amide bonds. The highest BCUT2D eigenvalue weighted by atomic mass is 35.5. The van der Waals surface area contributed by atoms with Crippen LogP contribution in [0, 0.1) is 10.1 Å². The average Bonchev–Trinajstić information content (AvgIpc) is 2.46. The first kappa shape index (κ1) is 17.1. The number of carbonyl (C=O) groups is 2. The number of hydrogen-bond donors (Lipinski definition) is 1. The Bertz CT molecular complexity index is 530. The number of rotatable bonds is 7. The van der Waals surface area contributed by atoms with E-state index in [1.54, 1.807) is 6.92 Å². The first-order valence-electron chi connectivity index (χ1n) is 6.12. The number of nitrogens with zero attached hydrogens (tertiary/aromatic N) is 1. The van der Waals surface area contributed by atoms with Gasteiger partial charge in [0, 0.05) is 18.6 Å². The van der Waals surface area contributed by atoms with Gasteiger partial charge in [0.2, 0.25) is 0 Å². The Kier molecular flexibility index (Phi) is 6.26. The number of ether oxygens (including phenoxy) is 1. The molecule has 0 aliphatic carbocycles. The quantitative estimate of drug-likeness (QED) is 0.270. The lowest BCUT2D eigenvalue weighted by atomic mass is 10.0. The Balaban J connectivity index is 2.67. The highest BCUT2D eigenvalue weighted by molar-refractivity contribution is 6.41. The number of esters is 1. The minimum absolute atomic E-state index is 0.0975. The molecule has 21 heavy (non-hydrogen) atoms. The molecule has 0 aliphatic rings. The van der Waals surface area contributed by atoms with Gasteiger partial charge >= 0.3 is 5.97 Å². The topological polar surface area (TPSA) is 107 Å². The minimum atomic E-state index is -1.47. The van der Waals surface area contributed by atoms with E-state index in [0.717, 1.165) is 0 Å². The van der Waals surface area contributed by atoms with Crippen LogP contribution in [0.1, 0.15) is 25.0 Å². The van der Waals surface area contributed by atoms with Crippen molar-refractivity contribution in [1.82, 2.24) is 0 Å². The van der Waals surface area contributed by atoms with Gasteiger partial charge in [-0.3, -0.25) is 14.9 Å². The number of aliphatic hydroxyl groups is 1. The summed E-state index contributed by atoms with van der Waals surface area (Å²) in [6, 6.07) is 5.10. The predicted octanol–water partition coefficient (Wildman–Crippen LogP) is 1.76. The molecule has 0 aromatic heterocycles. The molecule has 114 valence electrons. The van der Waals surface area contributed by atoms with Crippen LogP contribution in [0.3, 0.4) is 0 Å². The molecule has 0 saturated carbocycles. The van der Waals surface area contributed by atoms with Crippen LogP contribution in [0.5, 0.6) is 0 Å². The van der Waals surface area contributed by atoms with E-state index in [9.17, 15) is 24.8 Å². The summed E-state index contributed by atoms with van der Waals surface area (Å²) in [4.78, 5) is 32.9. The summed E-state index contributed by atoms with van der Waals surface area (Å²) in [5.41, 5.74) is 0.195. The Morgan fingerprint density at radius 2 is 1.95 bits per heavy atom. The fourth-order valence-corrected chi connectivity index (χ4v) is 1.73. The van der Waals surface area contributed by atoms with E-state index in [2.05, 4.69) is 4.74 Å². The monoisotopic (exact) mass is 315 g/mol. The number of ketones is 1. The van der Waals surface area contributed by atoms with Crippen molar-refractivity contribution in [3.05, 3.63) is 39.9 Å². The van der Waals surface area contributed by atoms with Crippen LogP contribution in [-0.2, 0) is 14.3 Å².